The zero-order valence-corrected chi connectivity index (χ0v) is 35.8. The normalized spacial score (nSPS) is 18.2. The molecule has 4 N–H and O–H groups in total. The molecule has 0 radical (unpaired) electrons. The number of aryl methyl sites for hydroxylation is 1. The number of piperazine rings is 2. The van der Waals surface area contributed by atoms with Crippen molar-refractivity contribution in [2.24, 2.45) is 0 Å². The lowest BCUT2D eigenvalue weighted by Gasteiger charge is -2.35. The molecule has 0 aromatic heterocycles. The molecule has 61 heavy (non-hydrogen) atoms. The molecule has 3 aliphatic heterocycles. The van der Waals surface area contributed by atoms with Gasteiger partial charge < -0.3 is 40.5 Å². The molecule has 12 heteroatoms. The number of nitrogens with zero attached hydrogens (tertiary/aromatic N) is 4. The molecule has 5 aromatic carbocycles. The number of benzene rings is 5. The van der Waals surface area contributed by atoms with Crippen molar-refractivity contribution in [3.05, 3.63) is 124 Å². The van der Waals surface area contributed by atoms with Crippen LogP contribution < -0.4 is 30.7 Å². The van der Waals surface area contributed by atoms with Crippen LogP contribution >= 0.6 is 0 Å². The van der Waals surface area contributed by atoms with Crippen molar-refractivity contribution in [1.29, 1.82) is 0 Å². The van der Waals surface area contributed by atoms with E-state index in [4.69, 9.17) is 4.74 Å². The first-order valence-corrected chi connectivity index (χ1v) is 21.5. The summed E-state index contributed by atoms with van der Waals surface area (Å²) in [5.74, 6) is -0.293. The summed E-state index contributed by atoms with van der Waals surface area (Å²) in [6.07, 6.45) is -1.07. The molecule has 1 unspecified atom stereocenters. The van der Waals surface area contributed by atoms with E-state index in [1.807, 2.05) is 70.2 Å². The summed E-state index contributed by atoms with van der Waals surface area (Å²) >= 11 is 0. The van der Waals surface area contributed by atoms with Crippen molar-refractivity contribution in [2.45, 2.75) is 45.9 Å². The topological polar surface area (TPSA) is 130 Å². The van der Waals surface area contributed by atoms with E-state index >= 15 is 0 Å². The van der Waals surface area contributed by atoms with Crippen LogP contribution in [0.15, 0.2) is 91.0 Å². The summed E-state index contributed by atoms with van der Waals surface area (Å²) < 4.78 is 5.27. The van der Waals surface area contributed by atoms with E-state index in [2.05, 4.69) is 86.2 Å². The van der Waals surface area contributed by atoms with Crippen molar-refractivity contribution in [3.63, 3.8) is 0 Å². The maximum Gasteiger partial charge on any atom is 0.414 e. The second kappa shape index (κ2) is 18.0. The molecule has 3 heterocycles. The third kappa shape index (κ3) is 8.79. The minimum Gasteiger partial charge on any atom is -0.441 e. The number of aliphatic hydroxyl groups is 1. The highest BCUT2D eigenvalue weighted by molar-refractivity contribution is 6.04. The van der Waals surface area contributed by atoms with E-state index in [1.165, 1.54) is 4.90 Å². The Bertz CT molecular complexity index is 2440. The van der Waals surface area contributed by atoms with Crippen LogP contribution in [0, 0.1) is 13.8 Å². The van der Waals surface area contributed by atoms with E-state index in [0.717, 1.165) is 108 Å². The molecule has 3 atom stereocenters. The fourth-order valence-corrected chi connectivity index (χ4v) is 8.88. The molecular weight excluding hydrogens is 767 g/mol. The maximum atomic E-state index is 14.5. The highest BCUT2D eigenvalue weighted by Crippen LogP contribution is 2.38. The van der Waals surface area contributed by atoms with Crippen molar-refractivity contribution in [1.82, 2.24) is 20.9 Å². The number of cyclic esters (lactones) is 1. The van der Waals surface area contributed by atoms with Crippen LogP contribution in [0.25, 0.3) is 21.9 Å². The van der Waals surface area contributed by atoms with Gasteiger partial charge in [0.1, 0.15) is 6.10 Å². The van der Waals surface area contributed by atoms with Gasteiger partial charge in [0.15, 0.2) is 0 Å². The number of carbonyl (C=O) groups excluding carboxylic acids is 3. The monoisotopic (exact) mass is 823 g/mol. The molecule has 3 saturated heterocycles. The predicted molar refractivity (Wildman–Crippen MR) is 243 cm³/mol. The maximum absolute atomic E-state index is 14.5. The van der Waals surface area contributed by atoms with Gasteiger partial charge in [0.25, 0.3) is 11.8 Å². The van der Waals surface area contributed by atoms with Crippen molar-refractivity contribution in [3.8, 4) is 11.1 Å². The molecule has 0 aliphatic carbocycles. The summed E-state index contributed by atoms with van der Waals surface area (Å²) in [6.45, 7) is 15.2. The lowest BCUT2D eigenvalue weighted by atomic mass is 9.89. The van der Waals surface area contributed by atoms with Gasteiger partial charge in [-0.25, -0.2) is 4.79 Å². The van der Waals surface area contributed by atoms with Gasteiger partial charge in [-0.1, -0.05) is 54.6 Å². The lowest BCUT2D eigenvalue weighted by Crippen LogP contribution is -2.44. The average molecular weight is 824 g/mol. The lowest BCUT2D eigenvalue weighted by molar-refractivity contribution is 0.0931. The van der Waals surface area contributed by atoms with E-state index in [0.29, 0.717) is 16.8 Å². The SMILES string of the molecule is Cc1ccc(N2CCNCC2)cc1C(=O)N[C@H](C)c1cccc2c(-c3cc(N4CCN(C)CC4)cc(C(=O)N[C@H](C)c4cccc(N5CC(CO)OC5=O)c4)c3C)cccc12. The Morgan fingerprint density at radius 2 is 1.41 bits per heavy atom. The van der Waals surface area contributed by atoms with Crippen LogP contribution in [0.5, 0.6) is 0 Å². The van der Waals surface area contributed by atoms with Gasteiger partial charge in [-0.15, -0.1) is 0 Å². The molecule has 3 aliphatic rings. The number of ether oxygens (including phenoxy) is 1. The first-order chi connectivity index (χ1) is 29.5. The minimum absolute atomic E-state index is 0.101. The van der Waals surface area contributed by atoms with Crippen LogP contribution in [0.4, 0.5) is 21.9 Å². The Balaban J connectivity index is 1.10. The number of anilines is 3. The minimum atomic E-state index is -0.573. The van der Waals surface area contributed by atoms with Gasteiger partial charge in [0.05, 0.1) is 25.2 Å². The zero-order valence-electron chi connectivity index (χ0n) is 35.8. The smallest absolute Gasteiger partial charge is 0.414 e. The molecule has 0 bridgehead atoms. The first kappa shape index (κ1) is 41.8. The summed E-state index contributed by atoms with van der Waals surface area (Å²) in [4.78, 5) is 49.4. The summed E-state index contributed by atoms with van der Waals surface area (Å²) in [5, 5.41) is 21.6. The first-order valence-electron chi connectivity index (χ1n) is 21.5. The van der Waals surface area contributed by atoms with Crippen LogP contribution in [-0.4, -0.2) is 107 Å². The number of hydrogen-bond acceptors (Lipinski definition) is 9. The van der Waals surface area contributed by atoms with Gasteiger partial charge in [0.2, 0.25) is 0 Å². The fraction of sp³-hybridized carbons (Fsp3) is 0.367. The molecular formula is C49H57N7O5. The summed E-state index contributed by atoms with van der Waals surface area (Å²) in [7, 11) is 2.13. The number of rotatable bonds is 11. The molecule has 3 amide bonds. The van der Waals surface area contributed by atoms with Gasteiger partial charge in [0, 0.05) is 80.5 Å². The Morgan fingerprint density at radius 1 is 0.738 bits per heavy atom. The molecule has 0 saturated carbocycles. The predicted octanol–water partition coefficient (Wildman–Crippen LogP) is 6.58. The number of amides is 3. The number of hydrogen-bond donors (Lipinski definition) is 4. The van der Waals surface area contributed by atoms with Gasteiger partial charge in [-0.2, -0.15) is 0 Å². The van der Waals surface area contributed by atoms with E-state index in [-0.39, 0.29) is 37.0 Å². The number of carbonyl (C=O) groups is 3. The number of likely N-dealkylation sites (N-methyl/N-ethyl adjacent to an activating group) is 1. The van der Waals surface area contributed by atoms with Crippen LogP contribution in [0.2, 0.25) is 0 Å². The summed E-state index contributed by atoms with van der Waals surface area (Å²) in [6, 6.07) is 29.8. The van der Waals surface area contributed by atoms with Crippen LogP contribution in [-0.2, 0) is 4.74 Å². The van der Waals surface area contributed by atoms with E-state index < -0.39 is 12.2 Å². The summed E-state index contributed by atoms with van der Waals surface area (Å²) in [5.41, 5.74) is 9.62. The molecule has 3 fully saturated rings. The molecule has 0 spiro atoms. The highest BCUT2D eigenvalue weighted by atomic mass is 16.6. The van der Waals surface area contributed by atoms with Crippen molar-refractivity contribution < 1.29 is 24.2 Å². The third-order valence-corrected chi connectivity index (χ3v) is 12.6. The number of nitrogens with one attached hydrogen (secondary N) is 3. The Hall–Kier alpha value is -5.95. The standard InChI is InChI=1S/C49H57N7O5/c1-31-15-16-36(54-19-17-50-18-20-54)26-44(31)47(58)52-34(4)40-11-7-13-42-41(40)12-8-14-43(42)45-27-38(55-23-21-53(5)22-24-55)28-46(32(45)2)48(59)51-33(3)35-9-6-10-37(25-35)56-29-39(30-57)61-49(56)60/h6-16,25-28,33-34,39,50,57H,17-24,29-30H2,1-5H3,(H,51,59)(H,52,58)/t33-,34-,39?/m1/s1. The van der Waals surface area contributed by atoms with Gasteiger partial charge in [-0.05, 0) is 115 Å². The quantitative estimate of drug-likeness (QED) is 0.117. The number of fused-ring (bicyclic) bond motifs is 1. The van der Waals surface area contributed by atoms with Crippen LogP contribution in [0.3, 0.4) is 0 Å². The van der Waals surface area contributed by atoms with Gasteiger partial charge in [-0.3, -0.25) is 14.5 Å². The third-order valence-electron chi connectivity index (χ3n) is 12.6. The molecule has 318 valence electrons. The van der Waals surface area contributed by atoms with Crippen molar-refractivity contribution in [2.75, 3.05) is 87.3 Å². The molecule has 12 nitrogen and oxygen atoms in total. The Kier molecular flexibility index (Phi) is 12.3. The second-order valence-corrected chi connectivity index (χ2v) is 16.7. The van der Waals surface area contributed by atoms with E-state index in [1.54, 1.807) is 0 Å². The largest absolute Gasteiger partial charge is 0.441 e. The average Bonchev–Trinajstić information content (AvgIpc) is 3.67. The Labute approximate surface area is 358 Å². The van der Waals surface area contributed by atoms with Crippen molar-refractivity contribution >= 4 is 45.7 Å². The highest BCUT2D eigenvalue weighted by Gasteiger charge is 2.32. The van der Waals surface area contributed by atoms with Crippen LogP contribution in [0.1, 0.15) is 68.9 Å². The zero-order chi connectivity index (χ0) is 42.8. The van der Waals surface area contributed by atoms with E-state index in [9.17, 15) is 19.5 Å². The van der Waals surface area contributed by atoms with Gasteiger partial charge >= 0.3 is 6.09 Å². The number of aliphatic hydroxyl groups excluding tert-OH is 1. The molecule has 8 rings (SSSR count). The Morgan fingerprint density at radius 3 is 2.16 bits per heavy atom. The molecule has 5 aromatic rings. The fourth-order valence-electron chi connectivity index (χ4n) is 8.88. The second-order valence-electron chi connectivity index (χ2n) is 16.7.